The summed E-state index contributed by atoms with van der Waals surface area (Å²) in [5.41, 5.74) is 0. The highest BCUT2D eigenvalue weighted by molar-refractivity contribution is 6.08. The van der Waals surface area contributed by atoms with E-state index in [1.165, 1.54) is 4.55 Å². The molecule has 0 fully saturated rings. The van der Waals surface area contributed by atoms with Crippen LogP contribution < -0.4 is 0 Å². The largest absolute Gasteiger partial charge is 1.41 e. The van der Waals surface area contributed by atoms with Gasteiger partial charge in [-0.2, -0.15) is 0 Å². The zero-order valence-corrected chi connectivity index (χ0v) is 9.14. The second-order valence-corrected chi connectivity index (χ2v) is 3.84. The van der Waals surface area contributed by atoms with Gasteiger partial charge in [-0.1, -0.05) is 27.7 Å². The summed E-state index contributed by atoms with van der Waals surface area (Å²) in [6.45, 7) is 8.71. The first kappa shape index (κ1) is 13.3. The third kappa shape index (κ3) is 23.3. The Morgan fingerprint density at radius 1 is 1.10 bits per heavy atom. The average Bonchev–Trinajstić information content (AvgIpc) is 1.89. The topological polar surface area (TPSA) is 20.2 Å². The molecular formula is C8H19MgO+2. The average molecular weight is 156 g/mol. The molecule has 0 aromatic rings. The van der Waals surface area contributed by atoms with Crippen LogP contribution in [0.25, 0.3) is 0 Å². The number of hydrogen-bond acceptors (Lipinski definition) is 1. The van der Waals surface area contributed by atoms with Gasteiger partial charge in [-0.25, -0.2) is 0 Å². The van der Waals surface area contributed by atoms with E-state index >= 15 is 0 Å². The van der Waals surface area contributed by atoms with Crippen LogP contribution in [0.1, 0.15) is 27.7 Å². The van der Waals surface area contributed by atoms with Gasteiger partial charge in [-0.05, 0) is 5.92 Å². The van der Waals surface area contributed by atoms with Crippen LogP contribution in [0.5, 0.6) is 0 Å². The first-order valence-corrected chi connectivity index (χ1v) is 4.94. The summed E-state index contributed by atoms with van der Waals surface area (Å²) in [5.74, 6) is 1.34. The fourth-order valence-corrected chi connectivity index (χ4v) is 0. The quantitative estimate of drug-likeness (QED) is 0.604. The maximum Gasteiger partial charge on any atom is 1.41 e. The van der Waals surface area contributed by atoms with E-state index in [1.54, 1.807) is 0 Å². The van der Waals surface area contributed by atoms with Crippen molar-refractivity contribution in [1.29, 1.82) is 0 Å². The van der Waals surface area contributed by atoms with Crippen molar-refractivity contribution in [2.45, 2.75) is 32.2 Å². The van der Waals surface area contributed by atoms with Crippen molar-refractivity contribution < 1.29 is 5.11 Å². The lowest BCUT2D eigenvalue weighted by Gasteiger charge is -1.90. The first-order valence-electron chi connectivity index (χ1n) is 3.94. The van der Waals surface area contributed by atoms with E-state index in [0.29, 0.717) is 12.5 Å². The molecule has 7 radical (unpaired) electrons. The van der Waals surface area contributed by atoms with E-state index in [-0.39, 0.29) is 0 Å². The van der Waals surface area contributed by atoms with Crippen molar-refractivity contribution in [2.75, 3.05) is 6.61 Å². The van der Waals surface area contributed by atoms with E-state index in [1.807, 2.05) is 35.6 Å². The van der Waals surface area contributed by atoms with Crippen LogP contribution in [0.2, 0.25) is 4.55 Å². The molecule has 0 saturated heterocycles. The minimum absolute atomic E-state index is 0.306. The zero-order chi connectivity index (χ0) is 8.57. The third-order valence-corrected chi connectivity index (χ3v) is 2.10. The second kappa shape index (κ2) is 9.73. The molecule has 2 heteroatoms. The molecule has 0 aliphatic heterocycles. The van der Waals surface area contributed by atoms with Gasteiger partial charge in [0.05, 0.1) is 0 Å². The number of hydrogen-bond donors (Lipinski definition) is 1. The Kier molecular flexibility index (Phi) is 13.0. The Labute approximate surface area is 77.6 Å². The molecule has 1 nitrogen and oxygen atoms in total. The molecule has 0 unspecified atom stereocenters. The van der Waals surface area contributed by atoms with E-state index < -0.39 is 0 Å². The Morgan fingerprint density at radius 2 is 1.30 bits per heavy atom. The Morgan fingerprint density at radius 3 is 1.30 bits per heavy atom. The minimum atomic E-state index is 0.306. The van der Waals surface area contributed by atoms with Crippen LogP contribution in [0.3, 0.4) is 0 Å². The lowest BCUT2D eigenvalue weighted by atomic mass is 10.2. The first-order chi connectivity index (χ1) is 4.54. The number of rotatable bonds is 2. The summed E-state index contributed by atoms with van der Waals surface area (Å²) < 4.78 is 1.33. The van der Waals surface area contributed by atoms with Gasteiger partial charge in [0.25, 0.3) is 4.55 Å². The fourth-order valence-electron chi connectivity index (χ4n) is 0. The number of aliphatic hydroxyl groups is 1. The predicted molar refractivity (Wildman–Crippen MR) is 47.3 cm³/mol. The molecule has 0 saturated carbocycles. The van der Waals surface area contributed by atoms with Gasteiger partial charge in [0, 0.05) is 12.5 Å². The minimum Gasteiger partial charge on any atom is -0.396 e. The summed E-state index contributed by atoms with van der Waals surface area (Å²) in [6, 6.07) is 0. The highest BCUT2D eigenvalue weighted by Crippen LogP contribution is 1.92. The van der Waals surface area contributed by atoms with Crippen LogP contribution in [0, 0.1) is 11.8 Å². The highest BCUT2D eigenvalue weighted by atomic mass is 24.4. The standard InChI is InChI=1S/C4H10O.C4H9.Mg/c1-4(2)3-5;1-4(2)3;/h4-5H,3H2,1-2H3;4H,1H2,2-3H3;/q;;+2. The van der Waals surface area contributed by atoms with Gasteiger partial charge in [0.15, 0.2) is 0 Å². The lowest BCUT2D eigenvalue weighted by molar-refractivity contribution is 0.248. The van der Waals surface area contributed by atoms with E-state index in [4.69, 9.17) is 5.11 Å². The summed E-state index contributed by atoms with van der Waals surface area (Å²) in [7, 11) is 0. The molecule has 0 bridgehead atoms. The molecule has 0 amide bonds. The molecule has 0 aromatic heterocycles. The molecule has 0 atom stereocenters. The molecule has 0 spiro atoms. The second-order valence-electron chi connectivity index (χ2n) is 3.26. The van der Waals surface area contributed by atoms with Crippen LogP contribution in [-0.4, -0.2) is 33.4 Å². The normalized spacial score (nSPS) is 9.60. The van der Waals surface area contributed by atoms with Crippen molar-refractivity contribution in [2.24, 2.45) is 11.8 Å². The van der Waals surface area contributed by atoms with E-state index in [0.717, 1.165) is 5.92 Å². The van der Waals surface area contributed by atoms with Crippen LogP contribution in [-0.2, 0) is 0 Å². The molecule has 10 heavy (non-hydrogen) atoms. The molecule has 0 heterocycles. The van der Waals surface area contributed by atoms with E-state index in [2.05, 4.69) is 13.8 Å². The van der Waals surface area contributed by atoms with Crippen molar-refractivity contribution in [3.8, 4) is 0 Å². The van der Waals surface area contributed by atoms with Gasteiger partial charge in [-0.3, -0.25) is 0 Å². The molecule has 0 aliphatic rings. The van der Waals surface area contributed by atoms with Crippen molar-refractivity contribution in [1.82, 2.24) is 0 Å². The summed E-state index contributed by atoms with van der Waals surface area (Å²) in [4.78, 5) is 0. The predicted octanol–water partition coefficient (Wildman–Crippen LogP) is 1.86. The highest BCUT2D eigenvalue weighted by Gasteiger charge is 2.24. The zero-order valence-electron chi connectivity index (χ0n) is 7.72. The molecular weight excluding hydrogens is 136 g/mol. The molecule has 1 N–H and O–H groups in total. The molecule has 0 rings (SSSR count). The van der Waals surface area contributed by atoms with Crippen LogP contribution in [0.4, 0.5) is 0 Å². The van der Waals surface area contributed by atoms with Crippen LogP contribution in [0.15, 0.2) is 0 Å². The van der Waals surface area contributed by atoms with Crippen molar-refractivity contribution >= 4 is 21.7 Å². The third-order valence-electron chi connectivity index (χ3n) is 0.942. The summed E-state index contributed by atoms with van der Waals surface area (Å²) in [5, 5.41) is 8.14. The summed E-state index contributed by atoms with van der Waals surface area (Å²) >= 11 is 2.03. The SMILES string of the molecule is CC(C)CO.CC(C)[CH2][Mg+2]. The monoisotopic (exact) mass is 155 g/mol. The molecule has 57 valence electrons. The maximum absolute atomic E-state index is 8.14. The fraction of sp³-hybridized carbons (Fsp3) is 1.00. The van der Waals surface area contributed by atoms with Crippen molar-refractivity contribution in [3.05, 3.63) is 0 Å². The Hall–Kier alpha value is 0.726. The van der Waals surface area contributed by atoms with Gasteiger partial charge in [0.2, 0.25) is 0 Å². The Bertz CT molecular complexity index is 45.2. The van der Waals surface area contributed by atoms with Gasteiger partial charge >= 0.3 is 21.7 Å². The van der Waals surface area contributed by atoms with Gasteiger partial charge in [0.1, 0.15) is 0 Å². The van der Waals surface area contributed by atoms with Gasteiger partial charge in [-0.15, -0.1) is 0 Å². The van der Waals surface area contributed by atoms with Gasteiger partial charge < -0.3 is 5.11 Å². The molecule has 0 aromatic carbocycles. The number of aliphatic hydroxyl groups excluding tert-OH is 1. The summed E-state index contributed by atoms with van der Waals surface area (Å²) in [6.07, 6.45) is 0. The van der Waals surface area contributed by atoms with Crippen molar-refractivity contribution in [3.63, 3.8) is 0 Å². The Balaban J connectivity index is 0. The van der Waals surface area contributed by atoms with E-state index in [9.17, 15) is 0 Å². The lowest BCUT2D eigenvalue weighted by Crippen LogP contribution is -1.90. The smallest absolute Gasteiger partial charge is 0.396 e. The maximum atomic E-state index is 8.14. The molecule has 0 aliphatic carbocycles. The van der Waals surface area contributed by atoms with Crippen LogP contribution >= 0.6 is 0 Å².